The van der Waals surface area contributed by atoms with Crippen LogP contribution in [0.5, 0.6) is 6.01 Å². The number of ether oxygens (including phenoxy) is 1. The number of anilines is 1. The van der Waals surface area contributed by atoms with Crippen LogP contribution in [0.25, 0.3) is 0 Å². The van der Waals surface area contributed by atoms with Crippen LogP contribution in [0.2, 0.25) is 0 Å². The van der Waals surface area contributed by atoms with Gasteiger partial charge in [-0.3, -0.25) is 0 Å². The summed E-state index contributed by atoms with van der Waals surface area (Å²) in [6.45, 7) is 4.16. The van der Waals surface area contributed by atoms with Gasteiger partial charge in [-0.25, -0.2) is 9.82 Å². The number of hydrogen-bond acceptors (Lipinski definition) is 5. The first-order valence-corrected chi connectivity index (χ1v) is 5.88. The largest absolute Gasteiger partial charge is 0.463 e. The second-order valence-electron chi connectivity index (χ2n) is 2.50. The van der Waals surface area contributed by atoms with Crippen LogP contribution in [0.4, 0.5) is 5.95 Å². The Hall–Kier alpha value is -1.35. The van der Waals surface area contributed by atoms with Crippen LogP contribution in [-0.4, -0.2) is 36.8 Å². The van der Waals surface area contributed by atoms with Crippen LogP contribution < -0.4 is 14.2 Å². The van der Waals surface area contributed by atoms with Gasteiger partial charge in [0, 0.05) is 6.54 Å². The molecule has 3 N–H and O–H groups in total. The third-order valence-electron chi connectivity index (χ3n) is 1.30. The van der Waals surface area contributed by atoms with Crippen molar-refractivity contribution in [2.24, 2.45) is 0 Å². The molecule has 0 fully saturated rings. The molecule has 0 aromatic carbocycles. The number of nitrogens with one attached hydrogen (secondary N) is 3. The molecule has 0 aliphatic carbocycles. The quantitative estimate of drug-likeness (QED) is 0.614. The first kappa shape index (κ1) is 11.7. The van der Waals surface area contributed by atoms with E-state index in [0.717, 1.165) is 0 Å². The van der Waals surface area contributed by atoms with E-state index in [-0.39, 0.29) is 12.0 Å². The average molecular weight is 235 g/mol. The summed E-state index contributed by atoms with van der Waals surface area (Å²) in [6.07, 6.45) is 0. The van der Waals surface area contributed by atoms with Gasteiger partial charge in [0.2, 0.25) is 5.95 Å². The van der Waals surface area contributed by atoms with Gasteiger partial charge in [0.1, 0.15) is 0 Å². The molecular formula is C6H13N5O3S. The number of aromatic amines is 1. The standard InChI is InChI=1S/C6H13N5O3S/c1-3-7-15(12,13)11-5-8-6(10-9-5)14-4-2/h7H,3-4H2,1-2H3,(H2,8,9,10,11). The molecule has 9 heteroatoms. The maximum Gasteiger partial charge on any atom is 0.337 e. The van der Waals surface area contributed by atoms with Gasteiger partial charge in [-0.05, 0) is 6.92 Å². The van der Waals surface area contributed by atoms with Gasteiger partial charge in [-0.2, -0.15) is 18.1 Å². The molecule has 0 amide bonds. The van der Waals surface area contributed by atoms with Gasteiger partial charge >= 0.3 is 16.2 Å². The minimum absolute atomic E-state index is 0.0133. The molecule has 86 valence electrons. The topological polar surface area (TPSA) is 109 Å². The number of H-pyrrole nitrogens is 1. The highest BCUT2D eigenvalue weighted by atomic mass is 32.2. The fourth-order valence-corrected chi connectivity index (χ4v) is 1.64. The Bertz CT molecular complexity index is 401. The van der Waals surface area contributed by atoms with E-state index in [0.29, 0.717) is 13.2 Å². The maximum absolute atomic E-state index is 11.2. The Labute approximate surface area is 87.6 Å². The Balaban J connectivity index is 2.64. The number of hydrogen-bond donors (Lipinski definition) is 3. The van der Waals surface area contributed by atoms with E-state index in [4.69, 9.17) is 4.74 Å². The second-order valence-corrected chi connectivity index (χ2v) is 4.00. The van der Waals surface area contributed by atoms with Crippen LogP contribution in [0.1, 0.15) is 13.8 Å². The van der Waals surface area contributed by atoms with E-state index in [1.807, 2.05) is 0 Å². The Morgan fingerprint density at radius 2 is 2.20 bits per heavy atom. The van der Waals surface area contributed by atoms with E-state index in [9.17, 15) is 8.42 Å². The van der Waals surface area contributed by atoms with Crippen molar-refractivity contribution in [3.05, 3.63) is 0 Å². The van der Waals surface area contributed by atoms with Crippen molar-refractivity contribution in [3.63, 3.8) is 0 Å². The first-order chi connectivity index (χ1) is 7.07. The molecule has 0 bridgehead atoms. The summed E-state index contributed by atoms with van der Waals surface area (Å²) in [6, 6.07) is 0.103. The normalized spacial score (nSPS) is 11.3. The van der Waals surface area contributed by atoms with Crippen LogP contribution in [0, 0.1) is 0 Å². The Morgan fingerprint density at radius 1 is 1.47 bits per heavy atom. The summed E-state index contributed by atoms with van der Waals surface area (Å²) in [4.78, 5) is 3.75. The highest BCUT2D eigenvalue weighted by molar-refractivity contribution is 7.90. The third-order valence-corrected chi connectivity index (χ3v) is 2.43. The summed E-state index contributed by atoms with van der Waals surface area (Å²) in [5, 5.41) is 6.03. The molecule has 15 heavy (non-hydrogen) atoms. The van der Waals surface area contributed by atoms with Gasteiger partial charge < -0.3 is 4.74 Å². The number of nitrogens with zero attached hydrogens (tertiary/aromatic N) is 2. The van der Waals surface area contributed by atoms with Crippen LogP contribution in [-0.2, 0) is 10.2 Å². The lowest BCUT2D eigenvalue weighted by atomic mass is 10.8. The Kier molecular flexibility index (Phi) is 3.86. The molecule has 0 aliphatic rings. The van der Waals surface area contributed by atoms with Gasteiger partial charge in [-0.1, -0.05) is 6.92 Å². The monoisotopic (exact) mass is 235 g/mol. The fraction of sp³-hybridized carbons (Fsp3) is 0.667. The van der Waals surface area contributed by atoms with E-state index < -0.39 is 10.2 Å². The fourth-order valence-electron chi connectivity index (χ4n) is 0.839. The Morgan fingerprint density at radius 3 is 2.80 bits per heavy atom. The highest BCUT2D eigenvalue weighted by Crippen LogP contribution is 2.06. The molecule has 0 atom stereocenters. The lowest BCUT2D eigenvalue weighted by molar-refractivity contribution is 0.314. The van der Waals surface area contributed by atoms with Gasteiger partial charge in [0.25, 0.3) is 0 Å². The predicted molar refractivity (Wildman–Crippen MR) is 53.8 cm³/mol. The zero-order chi connectivity index (χ0) is 11.3. The number of rotatable bonds is 6. The van der Waals surface area contributed by atoms with Crippen LogP contribution in [0.3, 0.4) is 0 Å². The molecule has 1 aromatic heterocycles. The van der Waals surface area contributed by atoms with Crippen molar-refractivity contribution >= 4 is 16.2 Å². The van der Waals surface area contributed by atoms with Gasteiger partial charge in [-0.15, -0.1) is 5.10 Å². The molecule has 8 nitrogen and oxygen atoms in total. The third kappa shape index (κ3) is 3.72. The predicted octanol–water partition coefficient (Wildman–Crippen LogP) is -0.530. The maximum atomic E-state index is 11.2. The van der Waals surface area contributed by atoms with Crippen molar-refractivity contribution in [2.75, 3.05) is 17.9 Å². The van der Waals surface area contributed by atoms with Crippen LogP contribution in [0.15, 0.2) is 0 Å². The zero-order valence-corrected chi connectivity index (χ0v) is 9.26. The summed E-state index contributed by atoms with van der Waals surface area (Å²) in [5.74, 6) is 0.0133. The minimum Gasteiger partial charge on any atom is -0.463 e. The highest BCUT2D eigenvalue weighted by Gasteiger charge is 2.11. The second kappa shape index (κ2) is 4.94. The minimum atomic E-state index is -3.58. The SMILES string of the molecule is CCNS(=O)(=O)Nc1nc(OCC)n[nH]1. The molecule has 0 saturated carbocycles. The molecular weight excluding hydrogens is 222 g/mol. The molecule has 1 heterocycles. The van der Waals surface area contributed by atoms with Crippen molar-refractivity contribution < 1.29 is 13.2 Å². The van der Waals surface area contributed by atoms with Crippen molar-refractivity contribution in [1.82, 2.24) is 19.9 Å². The van der Waals surface area contributed by atoms with E-state index >= 15 is 0 Å². The van der Waals surface area contributed by atoms with E-state index in [1.165, 1.54) is 0 Å². The summed E-state index contributed by atoms with van der Waals surface area (Å²) >= 11 is 0. The van der Waals surface area contributed by atoms with Crippen molar-refractivity contribution in [3.8, 4) is 6.01 Å². The summed E-state index contributed by atoms with van der Waals surface area (Å²) < 4.78 is 31.8. The molecule has 0 radical (unpaired) electrons. The molecule has 0 unspecified atom stereocenters. The molecule has 0 saturated heterocycles. The lowest BCUT2D eigenvalue weighted by Crippen LogP contribution is -2.30. The first-order valence-electron chi connectivity index (χ1n) is 4.40. The molecule has 0 aliphatic heterocycles. The van der Waals surface area contributed by atoms with Crippen LogP contribution >= 0.6 is 0 Å². The number of aromatic nitrogens is 3. The van der Waals surface area contributed by atoms with Crippen molar-refractivity contribution in [1.29, 1.82) is 0 Å². The van der Waals surface area contributed by atoms with Gasteiger partial charge in [0.15, 0.2) is 0 Å². The zero-order valence-electron chi connectivity index (χ0n) is 8.44. The molecule has 1 aromatic rings. The summed E-state index contributed by atoms with van der Waals surface area (Å²) in [7, 11) is -3.58. The lowest BCUT2D eigenvalue weighted by Gasteiger charge is -2.03. The van der Waals surface area contributed by atoms with Crippen molar-refractivity contribution in [2.45, 2.75) is 13.8 Å². The molecule has 0 spiro atoms. The molecule has 1 rings (SSSR count). The van der Waals surface area contributed by atoms with E-state index in [2.05, 4.69) is 24.6 Å². The smallest absolute Gasteiger partial charge is 0.337 e. The summed E-state index contributed by atoms with van der Waals surface area (Å²) in [5.41, 5.74) is 0. The van der Waals surface area contributed by atoms with E-state index in [1.54, 1.807) is 13.8 Å². The average Bonchev–Trinajstić information content (AvgIpc) is 2.52. The van der Waals surface area contributed by atoms with Gasteiger partial charge in [0.05, 0.1) is 6.61 Å².